The average Bonchev–Trinajstić information content (AvgIpc) is 2.18. The highest BCUT2D eigenvalue weighted by atomic mass is 16.5. The summed E-state index contributed by atoms with van der Waals surface area (Å²) in [6.07, 6.45) is 0.602. The fourth-order valence-electron chi connectivity index (χ4n) is 1.42. The molecule has 0 bridgehead atoms. The third-order valence-corrected chi connectivity index (χ3v) is 2.41. The summed E-state index contributed by atoms with van der Waals surface area (Å²) in [6.45, 7) is 6.55. The molecule has 3 N–H and O–H groups in total. The van der Waals surface area contributed by atoms with Crippen LogP contribution in [0.25, 0.3) is 0 Å². The van der Waals surface area contributed by atoms with Crippen LogP contribution in [-0.2, 0) is 6.54 Å². The maximum absolute atomic E-state index is 9.56. The van der Waals surface area contributed by atoms with Crippen LogP contribution in [0.3, 0.4) is 0 Å². The summed E-state index contributed by atoms with van der Waals surface area (Å²) in [7, 11) is 0. The summed E-state index contributed by atoms with van der Waals surface area (Å²) in [5, 5.41) is 9.56. The predicted octanol–water partition coefficient (Wildman–Crippen LogP) is 1.99. The predicted molar refractivity (Wildman–Crippen MR) is 65.5 cm³/mol. The van der Waals surface area contributed by atoms with Crippen LogP contribution in [-0.4, -0.2) is 17.3 Å². The number of hydrogen-bond donors (Lipinski definition) is 2. The van der Waals surface area contributed by atoms with E-state index in [2.05, 4.69) is 0 Å². The lowest BCUT2D eigenvalue weighted by molar-refractivity contribution is 0.0552. The van der Waals surface area contributed by atoms with Crippen LogP contribution < -0.4 is 10.5 Å². The maximum atomic E-state index is 9.56. The minimum absolute atomic E-state index is 0.472. The Morgan fingerprint density at radius 1 is 1.38 bits per heavy atom. The van der Waals surface area contributed by atoms with Crippen molar-refractivity contribution in [2.45, 2.75) is 39.3 Å². The molecule has 0 unspecified atom stereocenters. The van der Waals surface area contributed by atoms with Crippen molar-refractivity contribution >= 4 is 0 Å². The molecule has 0 aliphatic heterocycles. The van der Waals surface area contributed by atoms with Crippen LogP contribution in [0.15, 0.2) is 18.2 Å². The normalized spacial score (nSPS) is 11.6. The molecule has 1 aromatic rings. The summed E-state index contributed by atoms with van der Waals surface area (Å²) in [6, 6.07) is 5.96. The molecule has 0 spiro atoms. The zero-order chi connectivity index (χ0) is 12.2. The highest BCUT2D eigenvalue weighted by Crippen LogP contribution is 2.20. The molecule has 1 aromatic carbocycles. The van der Waals surface area contributed by atoms with Crippen molar-refractivity contribution < 1.29 is 9.84 Å². The Hall–Kier alpha value is -1.06. The van der Waals surface area contributed by atoms with Gasteiger partial charge in [-0.1, -0.05) is 17.7 Å². The van der Waals surface area contributed by atoms with Gasteiger partial charge >= 0.3 is 0 Å². The van der Waals surface area contributed by atoms with Gasteiger partial charge in [0.1, 0.15) is 5.75 Å². The van der Waals surface area contributed by atoms with E-state index in [4.69, 9.17) is 10.5 Å². The topological polar surface area (TPSA) is 55.5 Å². The lowest BCUT2D eigenvalue weighted by Gasteiger charge is -2.18. The first kappa shape index (κ1) is 13.0. The Morgan fingerprint density at radius 2 is 2.06 bits per heavy atom. The van der Waals surface area contributed by atoms with Crippen molar-refractivity contribution in [2.75, 3.05) is 6.61 Å². The fourth-order valence-corrected chi connectivity index (χ4v) is 1.42. The molecule has 90 valence electrons. The van der Waals surface area contributed by atoms with Crippen molar-refractivity contribution in [3.05, 3.63) is 29.3 Å². The number of rotatable bonds is 5. The maximum Gasteiger partial charge on any atom is 0.123 e. The summed E-state index contributed by atoms with van der Waals surface area (Å²) in [5.74, 6) is 0.817. The number of ether oxygens (including phenoxy) is 1. The van der Waals surface area contributed by atoms with E-state index < -0.39 is 5.60 Å². The second-order valence-electron chi connectivity index (χ2n) is 4.73. The van der Waals surface area contributed by atoms with Crippen LogP contribution >= 0.6 is 0 Å². The van der Waals surface area contributed by atoms with Gasteiger partial charge in [0.2, 0.25) is 0 Å². The molecule has 0 amide bonds. The molecule has 0 fully saturated rings. The first-order chi connectivity index (χ1) is 7.42. The molecule has 1 rings (SSSR count). The second kappa shape index (κ2) is 5.32. The van der Waals surface area contributed by atoms with Crippen LogP contribution in [0.1, 0.15) is 31.4 Å². The van der Waals surface area contributed by atoms with E-state index in [-0.39, 0.29) is 0 Å². The van der Waals surface area contributed by atoms with Gasteiger partial charge in [-0.15, -0.1) is 0 Å². The van der Waals surface area contributed by atoms with E-state index >= 15 is 0 Å². The number of benzene rings is 1. The molecule has 0 aliphatic rings. The Labute approximate surface area is 97.2 Å². The van der Waals surface area contributed by atoms with Crippen LogP contribution in [0, 0.1) is 6.92 Å². The van der Waals surface area contributed by atoms with Crippen molar-refractivity contribution in [2.24, 2.45) is 5.73 Å². The van der Waals surface area contributed by atoms with Gasteiger partial charge in [0, 0.05) is 18.5 Å². The number of aliphatic hydroxyl groups is 1. The lowest BCUT2D eigenvalue weighted by Crippen LogP contribution is -2.22. The second-order valence-corrected chi connectivity index (χ2v) is 4.73. The van der Waals surface area contributed by atoms with E-state index in [1.165, 1.54) is 5.56 Å². The van der Waals surface area contributed by atoms with Crippen molar-refractivity contribution in [1.29, 1.82) is 0 Å². The van der Waals surface area contributed by atoms with Gasteiger partial charge in [-0.3, -0.25) is 0 Å². The highest BCUT2D eigenvalue weighted by molar-refractivity contribution is 5.36. The van der Waals surface area contributed by atoms with Gasteiger partial charge in [-0.05, 0) is 26.8 Å². The molecule has 0 atom stereocenters. The molecular formula is C13H21NO2. The Bertz CT molecular complexity index is 342. The van der Waals surface area contributed by atoms with Gasteiger partial charge in [-0.25, -0.2) is 0 Å². The molecular weight excluding hydrogens is 202 g/mol. The Balaban J connectivity index is 2.60. The minimum Gasteiger partial charge on any atom is -0.493 e. The molecule has 16 heavy (non-hydrogen) atoms. The molecule has 0 saturated heterocycles. The van der Waals surface area contributed by atoms with Crippen molar-refractivity contribution in [1.82, 2.24) is 0 Å². The molecule has 0 saturated carbocycles. The number of aryl methyl sites for hydroxylation is 1. The van der Waals surface area contributed by atoms with Crippen molar-refractivity contribution in [3.63, 3.8) is 0 Å². The summed E-state index contributed by atoms with van der Waals surface area (Å²) in [4.78, 5) is 0. The standard InChI is InChI=1S/C13H21NO2/c1-10-4-5-12(11(8-10)9-14)16-7-6-13(2,3)15/h4-5,8,15H,6-7,9,14H2,1-3H3. The fraction of sp³-hybridized carbons (Fsp3) is 0.538. The monoisotopic (exact) mass is 223 g/mol. The van der Waals surface area contributed by atoms with Crippen LogP contribution in [0.5, 0.6) is 5.75 Å². The molecule has 0 aliphatic carbocycles. The van der Waals surface area contributed by atoms with Gasteiger partial charge in [0.15, 0.2) is 0 Å². The Morgan fingerprint density at radius 3 is 2.62 bits per heavy atom. The zero-order valence-electron chi connectivity index (χ0n) is 10.3. The highest BCUT2D eigenvalue weighted by Gasteiger charge is 2.12. The lowest BCUT2D eigenvalue weighted by atomic mass is 10.1. The average molecular weight is 223 g/mol. The SMILES string of the molecule is Cc1ccc(OCCC(C)(C)O)c(CN)c1. The van der Waals surface area contributed by atoms with Gasteiger partial charge in [0.25, 0.3) is 0 Å². The van der Waals surface area contributed by atoms with Gasteiger partial charge in [0.05, 0.1) is 12.2 Å². The van der Waals surface area contributed by atoms with E-state index in [0.717, 1.165) is 11.3 Å². The van der Waals surface area contributed by atoms with Gasteiger partial charge in [-0.2, -0.15) is 0 Å². The summed E-state index contributed by atoms with van der Waals surface area (Å²) in [5.41, 5.74) is 7.15. The van der Waals surface area contributed by atoms with E-state index in [1.54, 1.807) is 13.8 Å². The third-order valence-electron chi connectivity index (χ3n) is 2.41. The van der Waals surface area contributed by atoms with Crippen LogP contribution in [0.4, 0.5) is 0 Å². The number of hydrogen-bond acceptors (Lipinski definition) is 3. The first-order valence-electron chi connectivity index (χ1n) is 5.57. The van der Waals surface area contributed by atoms with Crippen molar-refractivity contribution in [3.8, 4) is 5.75 Å². The zero-order valence-corrected chi connectivity index (χ0v) is 10.3. The molecule has 0 aromatic heterocycles. The molecule has 3 heteroatoms. The first-order valence-corrected chi connectivity index (χ1v) is 5.57. The molecule has 0 heterocycles. The molecule has 3 nitrogen and oxygen atoms in total. The molecule has 0 radical (unpaired) electrons. The third kappa shape index (κ3) is 4.21. The van der Waals surface area contributed by atoms with E-state index in [9.17, 15) is 5.11 Å². The van der Waals surface area contributed by atoms with Gasteiger partial charge < -0.3 is 15.6 Å². The Kier molecular flexibility index (Phi) is 4.33. The minimum atomic E-state index is -0.687. The smallest absolute Gasteiger partial charge is 0.123 e. The largest absolute Gasteiger partial charge is 0.493 e. The van der Waals surface area contributed by atoms with E-state index in [1.807, 2.05) is 25.1 Å². The van der Waals surface area contributed by atoms with E-state index in [0.29, 0.717) is 19.6 Å². The van der Waals surface area contributed by atoms with Crippen LogP contribution in [0.2, 0.25) is 0 Å². The quantitative estimate of drug-likeness (QED) is 0.802. The summed E-state index contributed by atoms with van der Waals surface area (Å²) >= 11 is 0. The number of nitrogens with two attached hydrogens (primary N) is 1. The summed E-state index contributed by atoms with van der Waals surface area (Å²) < 4.78 is 5.62.